The first kappa shape index (κ1) is 14.8. The first-order valence-electron chi connectivity index (χ1n) is 5.96. The van der Waals surface area contributed by atoms with E-state index in [2.05, 4.69) is 20.5 Å². The molecule has 0 bridgehead atoms. The zero-order valence-electron chi connectivity index (χ0n) is 11.3. The molecule has 7 heteroatoms. The van der Waals surface area contributed by atoms with Crippen molar-refractivity contribution < 1.29 is 4.79 Å². The molecular weight excluding hydrogens is 299 g/mol. The van der Waals surface area contributed by atoms with Crippen LogP contribution >= 0.6 is 23.2 Å². The summed E-state index contributed by atoms with van der Waals surface area (Å²) < 4.78 is 0. The summed E-state index contributed by atoms with van der Waals surface area (Å²) in [6.07, 6.45) is 0. The van der Waals surface area contributed by atoms with E-state index in [9.17, 15) is 4.79 Å². The van der Waals surface area contributed by atoms with Crippen molar-refractivity contribution >= 4 is 34.8 Å². The molecular formula is C13H14Cl2N4O. The van der Waals surface area contributed by atoms with Crippen molar-refractivity contribution in [2.45, 2.75) is 26.2 Å². The molecule has 0 spiro atoms. The van der Waals surface area contributed by atoms with Gasteiger partial charge >= 0.3 is 0 Å². The second kappa shape index (κ2) is 5.42. The first-order chi connectivity index (χ1) is 9.27. The lowest BCUT2D eigenvalue weighted by Crippen LogP contribution is -2.16. The van der Waals surface area contributed by atoms with E-state index in [4.69, 9.17) is 23.2 Å². The maximum atomic E-state index is 12.1. The molecule has 20 heavy (non-hydrogen) atoms. The number of rotatable bonds is 2. The molecule has 1 aromatic heterocycles. The summed E-state index contributed by atoms with van der Waals surface area (Å²) in [4.78, 5) is 16.2. The number of hydrogen-bond donors (Lipinski definition) is 2. The van der Waals surface area contributed by atoms with E-state index in [1.165, 1.54) is 0 Å². The second-order valence-electron chi connectivity index (χ2n) is 5.34. The number of nitrogens with one attached hydrogen (secondary N) is 2. The molecule has 0 radical (unpaired) electrons. The van der Waals surface area contributed by atoms with E-state index >= 15 is 0 Å². The van der Waals surface area contributed by atoms with Crippen LogP contribution in [0.15, 0.2) is 18.2 Å². The van der Waals surface area contributed by atoms with Crippen molar-refractivity contribution in [1.29, 1.82) is 0 Å². The van der Waals surface area contributed by atoms with Crippen LogP contribution in [-0.4, -0.2) is 21.1 Å². The summed E-state index contributed by atoms with van der Waals surface area (Å²) in [5.41, 5.74) is 0.213. The average Bonchev–Trinajstić information content (AvgIpc) is 2.83. The predicted molar refractivity (Wildman–Crippen MR) is 79.5 cm³/mol. The molecule has 0 saturated heterocycles. The van der Waals surface area contributed by atoms with Gasteiger partial charge in [-0.2, -0.15) is 0 Å². The van der Waals surface area contributed by atoms with E-state index in [1.54, 1.807) is 18.2 Å². The molecule has 1 heterocycles. The molecule has 0 aliphatic carbocycles. The van der Waals surface area contributed by atoms with Gasteiger partial charge in [0, 0.05) is 10.4 Å². The van der Waals surface area contributed by atoms with E-state index < -0.39 is 5.91 Å². The normalized spacial score (nSPS) is 11.4. The number of benzene rings is 1. The molecule has 2 aromatic rings. The van der Waals surface area contributed by atoms with Gasteiger partial charge in [-0.25, -0.2) is 4.98 Å². The van der Waals surface area contributed by atoms with Crippen molar-refractivity contribution in [3.63, 3.8) is 0 Å². The second-order valence-corrected chi connectivity index (χ2v) is 6.18. The van der Waals surface area contributed by atoms with Crippen LogP contribution in [0.5, 0.6) is 0 Å². The Kier molecular flexibility index (Phi) is 4.01. The Labute approximate surface area is 126 Å². The Balaban J connectivity index is 2.20. The Hall–Kier alpha value is -1.59. The maximum Gasteiger partial charge on any atom is 0.295 e. The summed E-state index contributed by atoms with van der Waals surface area (Å²) in [6, 6.07) is 4.82. The molecule has 106 valence electrons. The van der Waals surface area contributed by atoms with Crippen LogP contribution in [0.25, 0.3) is 0 Å². The largest absolute Gasteiger partial charge is 0.318 e. The summed E-state index contributed by atoms with van der Waals surface area (Å²) in [5.74, 6) is 0.256. The fourth-order valence-corrected chi connectivity index (χ4v) is 1.81. The Bertz CT molecular complexity index is 646. The molecule has 2 rings (SSSR count). The van der Waals surface area contributed by atoms with Crippen LogP contribution in [0.2, 0.25) is 10.0 Å². The van der Waals surface area contributed by atoms with Crippen molar-refractivity contribution in [2.75, 3.05) is 5.32 Å². The molecule has 0 unspecified atom stereocenters. The fourth-order valence-electron chi connectivity index (χ4n) is 1.47. The molecule has 0 aliphatic heterocycles. The van der Waals surface area contributed by atoms with Gasteiger partial charge in [-0.15, -0.1) is 5.10 Å². The highest BCUT2D eigenvalue weighted by molar-refractivity contribution is 6.35. The molecule has 0 atom stereocenters. The summed E-state index contributed by atoms with van der Waals surface area (Å²) >= 11 is 11.8. The Morgan fingerprint density at radius 3 is 2.60 bits per heavy atom. The van der Waals surface area contributed by atoms with Gasteiger partial charge in [-0.3, -0.25) is 9.89 Å². The number of hydrogen-bond acceptors (Lipinski definition) is 3. The van der Waals surface area contributed by atoms with E-state index in [-0.39, 0.29) is 11.2 Å². The van der Waals surface area contributed by atoms with E-state index in [0.717, 1.165) is 0 Å². The highest BCUT2D eigenvalue weighted by atomic mass is 35.5. The third-order valence-corrected chi connectivity index (χ3v) is 3.14. The van der Waals surface area contributed by atoms with Gasteiger partial charge in [0.1, 0.15) is 5.82 Å². The smallest absolute Gasteiger partial charge is 0.295 e. The van der Waals surface area contributed by atoms with Crippen LogP contribution in [0.4, 0.5) is 5.69 Å². The van der Waals surface area contributed by atoms with Gasteiger partial charge in [0.2, 0.25) is 5.82 Å². The first-order valence-corrected chi connectivity index (χ1v) is 6.72. The third kappa shape index (κ3) is 3.29. The number of anilines is 1. The maximum absolute atomic E-state index is 12.1. The highest BCUT2D eigenvalue weighted by Gasteiger charge is 2.21. The zero-order valence-corrected chi connectivity index (χ0v) is 12.8. The van der Waals surface area contributed by atoms with Crippen LogP contribution < -0.4 is 5.32 Å². The third-order valence-electron chi connectivity index (χ3n) is 2.58. The number of amides is 1. The average molecular weight is 313 g/mol. The van der Waals surface area contributed by atoms with Gasteiger partial charge in [0.15, 0.2) is 0 Å². The zero-order chi connectivity index (χ0) is 14.9. The SMILES string of the molecule is CC(C)(C)c1nc(C(=O)Nc2cc(Cl)ccc2Cl)n[nH]1. The lowest BCUT2D eigenvalue weighted by atomic mass is 9.96. The number of aromatic amines is 1. The van der Waals surface area contributed by atoms with E-state index in [0.29, 0.717) is 21.6 Å². The molecule has 1 aromatic carbocycles. The van der Waals surface area contributed by atoms with Gasteiger partial charge in [-0.1, -0.05) is 44.0 Å². The number of aromatic nitrogens is 3. The van der Waals surface area contributed by atoms with Crippen molar-refractivity contribution in [3.05, 3.63) is 39.9 Å². The number of nitrogens with zero attached hydrogens (tertiary/aromatic N) is 2. The van der Waals surface area contributed by atoms with Gasteiger partial charge in [0.05, 0.1) is 10.7 Å². The Morgan fingerprint density at radius 2 is 2.00 bits per heavy atom. The molecule has 0 aliphatic rings. The quantitative estimate of drug-likeness (QED) is 0.889. The van der Waals surface area contributed by atoms with Gasteiger partial charge in [0.25, 0.3) is 5.91 Å². The van der Waals surface area contributed by atoms with Crippen molar-refractivity contribution in [2.24, 2.45) is 0 Å². The van der Waals surface area contributed by atoms with Gasteiger partial charge in [-0.05, 0) is 18.2 Å². The predicted octanol–water partition coefficient (Wildman–Crippen LogP) is 3.66. The van der Waals surface area contributed by atoms with E-state index in [1.807, 2.05) is 20.8 Å². The summed E-state index contributed by atoms with van der Waals surface area (Å²) in [6.45, 7) is 5.93. The molecule has 2 N–H and O–H groups in total. The minimum atomic E-state index is -0.444. The molecule has 1 amide bonds. The standard InChI is InChI=1S/C13H14Cl2N4O/c1-13(2,3)12-17-10(18-19-12)11(20)16-9-6-7(14)4-5-8(9)15/h4-6H,1-3H3,(H,16,20)(H,17,18,19). The minimum Gasteiger partial charge on any atom is -0.318 e. The highest BCUT2D eigenvalue weighted by Crippen LogP contribution is 2.25. The van der Waals surface area contributed by atoms with Crippen molar-refractivity contribution in [1.82, 2.24) is 15.2 Å². The van der Waals surface area contributed by atoms with Crippen molar-refractivity contribution in [3.8, 4) is 0 Å². The summed E-state index contributed by atoms with van der Waals surface area (Å²) in [7, 11) is 0. The minimum absolute atomic E-state index is 0.0611. The molecule has 0 fully saturated rings. The van der Waals surface area contributed by atoms with Crippen LogP contribution in [-0.2, 0) is 5.41 Å². The van der Waals surface area contributed by atoms with Crippen LogP contribution in [0, 0.1) is 0 Å². The van der Waals surface area contributed by atoms with Crippen LogP contribution in [0.1, 0.15) is 37.2 Å². The fraction of sp³-hybridized carbons (Fsp3) is 0.308. The number of H-pyrrole nitrogens is 1. The lowest BCUT2D eigenvalue weighted by Gasteiger charge is -2.12. The number of halogens is 2. The molecule has 0 saturated carbocycles. The lowest BCUT2D eigenvalue weighted by molar-refractivity contribution is 0.101. The molecule has 5 nitrogen and oxygen atoms in total. The number of carbonyl (C=O) groups is 1. The monoisotopic (exact) mass is 312 g/mol. The summed E-state index contributed by atoms with van der Waals surface area (Å²) in [5, 5.41) is 10.2. The number of carbonyl (C=O) groups excluding carboxylic acids is 1. The van der Waals surface area contributed by atoms with Gasteiger partial charge < -0.3 is 5.32 Å². The topological polar surface area (TPSA) is 70.7 Å². The Morgan fingerprint density at radius 1 is 1.30 bits per heavy atom. The van der Waals surface area contributed by atoms with Crippen LogP contribution in [0.3, 0.4) is 0 Å².